The molecule has 6 nitrogen and oxygen atoms in total. The molecule has 1 aliphatic heterocycles. The predicted octanol–water partition coefficient (Wildman–Crippen LogP) is 1.58. The highest BCUT2D eigenvalue weighted by Crippen LogP contribution is 2.20. The van der Waals surface area contributed by atoms with E-state index in [0.717, 1.165) is 39.1 Å². The van der Waals surface area contributed by atoms with Gasteiger partial charge in [-0.3, -0.25) is 9.89 Å². The number of nitrogens with zero attached hydrogens (tertiary/aromatic N) is 3. The second-order valence-electron chi connectivity index (χ2n) is 6.40. The van der Waals surface area contributed by atoms with Crippen LogP contribution in [-0.2, 0) is 0 Å². The average Bonchev–Trinajstić information content (AvgIpc) is 3.10. The van der Waals surface area contributed by atoms with Gasteiger partial charge < -0.3 is 15.1 Å². The minimum Gasteiger partial charge on any atom is -0.351 e. The summed E-state index contributed by atoms with van der Waals surface area (Å²) in [5.74, 6) is -0.568. The molecule has 0 bridgehead atoms. The van der Waals surface area contributed by atoms with Gasteiger partial charge in [0.15, 0.2) is 0 Å². The molecule has 2 heterocycles. The number of likely N-dealkylation sites (N-methyl/N-ethyl adjacent to an activating group) is 1. The number of amides is 1. The molecule has 0 spiro atoms. The fraction of sp³-hybridized carbons (Fsp3) is 0.444. The summed E-state index contributed by atoms with van der Waals surface area (Å²) in [6, 6.07) is 7.96. The van der Waals surface area contributed by atoms with Gasteiger partial charge in [0.2, 0.25) is 0 Å². The number of benzene rings is 1. The number of rotatable bonds is 6. The van der Waals surface area contributed by atoms with Crippen LogP contribution in [0.3, 0.4) is 0 Å². The van der Waals surface area contributed by atoms with Gasteiger partial charge in [-0.1, -0.05) is 12.1 Å². The molecule has 3 rings (SSSR count). The van der Waals surface area contributed by atoms with Crippen LogP contribution < -0.4 is 5.32 Å². The van der Waals surface area contributed by atoms with Crippen molar-refractivity contribution in [1.82, 2.24) is 25.3 Å². The first kappa shape index (κ1) is 17.6. The number of aromatic nitrogens is 2. The predicted molar refractivity (Wildman–Crippen MR) is 94.9 cm³/mol. The van der Waals surface area contributed by atoms with E-state index in [9.17, 15) is 9.18 Å². The third-order valence-electron chi connectivity index (χ3n) is 4.50. The molecule has 1 aromatic carbocycles. The third kappa shape index (κ3) is 4.64. The van der Waals surface area contributed by atoms with E-state index < -0.39 is 0 Å². The Hall–Kier alpha value is -2.25. The lowest BCUT2D eigenvalue weighted by molar-refractivity contribution is 0.0944. The Bertz CT molecular complexity index is 709. The Labute approximate surface area is 147 Å². The number of hydrogen-bond acceptors (Lipinski definition) is 4. The Morgan fingerprint density at radius 3 is 2.80 bits per heavy atom. The smallest absolute Gasteiger partial charge is 0.269 e. The van der Waals surface area contributed by atoms with Gasteiger partial charge in [-0.15, -0.1) is 0 Å². The number of halogens is 1. The van der Waals surface area contributed by atoms with E-state index in [2.05, 4.69) is 32.4 Å². The zero-order chi connectivity index (χ0) is 17.6. The Morgan fingerprint density at radius 1 is 1.28 bits per heavy atom. The molecule has 1 aliphatic rings. The summed E-state index contributed by atoms with van der Waals surface area (Å²) in [6.45, 7) is 5.95. The summed E-state index contributed by atoms with van der Waals surface area (Å²) in [5.41, 5.74) is 1.16. The van der Waals surface area contributed by atoms with Gasteiger partial charge in [-0.2, -0.15) is 5.10 Å². The summed E-state index contributed by atoms with van der Waals surface area (Å²) < 4.78 is 13.8. The normalized spacial score (nSPS) is 16.1. The zero-order valence-electron chi connectivity index (χ0n) is 14.5. The van der Waals surface area contributed by atoms with E-state index in [4.69, 9.17) is 0 Å². The van der Waals surface area contributed by atoms with E-state index >= 15 is 0 Å². The van der Waals surface area contributed by atoms with Crippen LogP contribution in [-0.4, -0.2) is 72.2 Å². The first-order valence-electron chi connectivity index (χ1n) is 8.63. The van der Waals surface area contributed by atoms with Gasteiger partial charge >= 0.3 is 0 Å². The minimum atomic E-state index is -0.354. The van der Waals surface area contributed by atoms with Crippen molar-refractivity contribution >= 4 is 5.91 Å². The van der Waals surface area contributed by atoms with E-state index in [1.807, 2.05) is 0 Å². The highest BCUT2D eigenvalue weighted by Gasteiger charge is 2.14. The maximum Gasteiger partial charge on any atom is 0.269 e. The molecule has 0 radical (unpaired) electrons. The number of carbonyl (C=O) groups is 1. The summed E-state index contributed by atoms with van der Waals surface area (Å²) in [5, 5.41) is 9.61. The van der Waals surface area contributed by atoms with Gasteiger partial charge in [-0.25, -0.2) is 4.39 Å². The lowest BCUT2D eigenvalue weighted by Gasteiger charge is -2.32. The molecule has 1 aromatic heterocycles. The van der Waals surface area contributed by atoms with Crippen LogP contribution in [0.4, 0.5) is 4.39 Å². The van der Waals surface area contributed by atoms with Crippen LogP contribution in [0.15, 0.2) is 30.3 Å². The molecule has 2 aromatic rings. The Balaban J connectivity index is 1.45. The van der Waals surface area contributed by atoms with Crippen molar-refractivity contribution in [3.63, 3.8) is 0 Å². The lowest BCUT2D eigenvalue weighted by atomic mass is 10.1. The molecule has 134 valence electrons. The molecule has 2 N–H and O–H groups in total. The summed E-state index contributed by atoms with van der Waals surface area (Å²) in [6.07, 6.45) is 0.907. The monoisotopic (exact) mass is 345 g/mol. The van der Waals surface area contributed by atoms with Crippen LogP contribution in [0.5, 0.6) is 0 Å². The fourth-order valence-electron chi connectivity index (χ4n) is 2.92. The molecule has 1 saturated heterocycles. The number of H-pyrrole nitrogens is 1. The molecule has 1 amide bonds. The second-order valence-corrected chi connectivity index (χ2v) is 6.40. The van der Waals surface area contributed by atoms with Gasteiger partial charge in [-0.05, 0) is 38.2 Å². The molecule has 0 unspecified atom stereocenters. The van der Waals surface area contributed by atoms with Crippen molar-refractivity contribution < 1.29 is 9.18 Å². The molecular formula is C18H24FN5O. The molecule has 1 fully saturated rings. The molecule has 7 heteroatoms. The quantitative estimate of drug-likeness (QED) is 0.781. The maximum atomic E-state index is 13.8. The van der Waals surface area contributed by atoms with E-state index in [1.165, 1.54) is 6.07 Å². The van der Waals surface area contributed by atoms with Crippen LogP contribution in [0.25, 0.3) is 11.3 Å². The van der Waals surface area contributed by atoms with Crippen molar-refractivity contribution in [2.75, 3.05) is 46.3 Å². The highest BCUT2D eigenvalue weighted by molar-refractivity contribution is 5.93. The number of nitrogens with one attached hydrogen (secondary N) is 2. The fourth-order valence-corrected chi connectivity index (χ4v) is 2.92. The lowest BCUT2D eigenvalue weighted by Crippen LogP contribution is -2.45. The van der Waals surface area contributed by atoms with Crippen LogP contribution >= 0.6 is 0 Å². The number of hydrogen-bond donors (Lipinski definition) is 2. The van der Waals surface area contributed by atoms with Crippen LogP contribution in [0.1, 0.15) is 16.9 Å². The first-order chi connectivity index (χ1) is 12.1. The summed E-state index contributed by atoms with van der Waals surface area (Å²) in [7, 11) is 2.14. The SMILES string of the molecule is CN1CCN(CCCNC(=O)c2cc(-c3ccccc3F)n[nH]2)CC1. The van der Waals surface area contributed by atoms with E-state index in [0.29, 0.717) is 23.5 Å². The topological polar surface area (TPSA) is 64.3 Å². The second kappa shape index (κ2) is 8.22. The van der Waals surface area contributed by atoms with Crippen LogP contribution in [0.2, 0.25) is 0 Å². The molecule has 25 heavy (non-hydrogen) atoms. The Morgan fingerprint density at radius 2 is 2.04 bits per heavy atom. The summed E-state index contributed by atoms with van der Waals surface area (Å²) >= 11 is 0. The number of carbonyl (C=O) groups excluding carboxylic acids is 1. The largest absolute Gasteiger partial charge is 0.351 e. The Kier molecular flexibility index (Phi) is 5.78. The first-order valence-corrected chi connectivity index (χ1v) is 8.63. The number of aromatic amines is 1. The molecule has 0 atom stereocenters. The van der Waals surface area contributed by atoms with Gasteiger partial charge in [0.05, 0.1) is 5.69 Å². The average molecular weight is 345 g/mol. The number of piperazine rings is 1. The van der Waals surface area contributed by atoms with Crippen molar-refractivity contribution in [2.45, 2.75) is 6.42 Å². The van der Waals surface area contributed by atoms with E-state index in [-0.39, 0.29) is 11.7 Å². The third-order valence-corrected chi connectivity index (χ3v) is 4.50. The van der Waals surface area contributed by atoms with Crippen molar-refractivity contribution in [1.29, 1.82) is 0 Å². The van der Waals surface area contributed by atoms with Crippen LogP contribution in [0, 0.1) is 5.82 Å². The van der Waals surface area contributed by atoms with Gasteiger partial charge in [0, 0.05) is 38.3 Å². The summed E-state index contributed by atoms with van der Waals surface area (Å²) in [4.78, 5) is 16.9. The standard InChI is InChI=1S/C18H24FN5O/c1-23-9-11-24(12-10-23)8-4-7-20-18(25)17-13-16(21-22-17)14-5-2-3-6-15(14)19/h2-3,5-6,13H,4,7-12H2,1H3,(H,20,25)(H,21,22). The molecule has 0 aliphatic carbocycles. The maximum absolute atomic E-state index is 13.8. The molecular weight excluding hydrogens is 321 g/mol. The van der Waals surface area contributed by atoms with Crippen molar-refractivity contribution in [2.24, 2.45) is 0 Å². The van der Waals surface area contributed by atoms with Gasteiger partial charge in [0.25, 0.3) is 5.91 Å². The van der Waals surface area contributed by atoms with Crippen molar-refractivity contribution in [3.8, 4) is 11.3 Å². The highest BCUT2D eigenvalue weighted by atomic mass is 19.1. The van der Waals surface area contributed by atoms with Gasteiger partial charge in [0.1, 0.15) is 11.5 Å². The van der Waals surface area contributed by atoms with E-state index in [1.54, 1.807) is 24.3 Å². The minimum absolute atomic E-state index is 0.214. The zero-order valence-corrected chi connectivity index (χ0v) is 14.5. The van der Waals surface area contributed by atoms with Crippen molar-refractivity contribution in [3.05, 3.63) is 41.8 Å². The molecule has 0 saturated carbocycles.